The zero-order valence-corrected chi connectivity index (χ0v) is 13.7. The van der Waals surface area contributed by atoms with Gasteiger partial charge in [0.1, 0.15) is 6.54 Å². The second-order valence-corrected chi connectivity index (χ2v) is 5.61. The first-order chi connectivity index (χ1) is 12.0. The average molecular weight is 352 g/mol. The molecule has 2 aromatic rings. The van der Waals surface area contributed by atoms with Crippen LogP contribution in [-0.2, 0) is 22.6 Å². The number of carbonyl (C=O) groups excluding carboxylic acids is 1. The third kappa shape index (κ3) is 3.96. The van der Waals surface area contributed by atoms with E-state index in [0.717, 1.165) is 10.2 Å². The molecule has 3 rings (SSSR count). The molecule has 0 fully saturated rings. The number of hydrogen-bond acceptors (Lipinski definition) is 5. The van der Waals surface area contributed by atoms with E-state index < -0.39 is 24.5 Å². The summed E-state index contributed by atoms with van der Waals surface area (Å²) in [4.78, 5) is 11.7. The van der Waals surface area contributed by atoms with Crippen molar-refractivity contribution in [1.82, 2.24) is 9.78 Å². The Labute approximate surface area is 143 Å². The Morgan fingerprint density at radius 1 is 1.40 bits per heavy atom. The molecule has 0 saturated carbocycles. The highest BCUT2D eigenvalue weighted by molar-refractivity contribution is 5.87. The number of hydrogen-bond donors (Lipinski definition) is 0. The van der Waals surface area contributed by atoms with E-state index in [1.165, 1.54) is 6.07 Å². The molecule has 1 atom stereocenters. The summed E-state index contributed by atoms with van der Waals surface area (Å²) in [6.45, 7) is 1.08. The van der Waals surface area contributed by atoms with Crippen molar-refractivity contribution in [2.24, 2.45) is 0 Å². The summed E-state index contributed by atoms with van der Waals surface area (Å²) in [6.07, 6.45) is -1.45. The van der Waals surface area contributed by atoms with Crippen molar-refractivity contribution >= 4 is 5.97 Å². The molecule has 134 valence electrons. The molecule has 1 aromatic heterocycles. The van der Waals surface area contributed by atoms with Crippen LogP contribution in [0.1, 0.15) is 23.0 Å². The lowest BCUT2D eigenvalue weighted by molar-refractivity contribution is -0.154. The summed E-state index contributed by atoms with van der Waals surface area (Å²) in [5, 5.41) is 3.82. The molecule has 8 heteroatoms. The van der Waals surface area contributed by atoms with Crippen LogP contribution in [0.15, 0.2) is 36.4 Å². The Kier molecular flexibility index (Phi) is 4.98. The summed E-state index contributed by atoms with van der Waals surface area (Å²) < 4.78 is 45.0. The number of aromatic nitrogens is 2. The lowest BCUT2D eigenvalue weighted by Gasteiger charge is -2.31. The first-order valence-electron chi connectivity index (χ1n) is 7.90. The Bertz CT molecular complexity index is 734. The van der Waals surface area contributed by atoms with E-state index in [-0.39, 0.29) is 31.4 Å². The fraction of sp³-hybridized carbons (Fsp3) is 0.412. The summed E-state index contributed by atoms with van der Waals surface area (Å²) in [6, 6.07) is 10.6. The zero-order valence-electron chi connectivity index (χ0n) is 13.7. The predicted molar refractivity (Wildman–Crippen MR) is 83.6 cm³/mol. The van der Waals surface area contributed by atoms with E-state index in [0.29, 0.717) is 0 Å². The van der Waals surface area contributed by atoms with Gasteiger partial charge in [0.2, 0.25) is 5.88 Å². The van der Waals surface area contributed by atoms with Gasteiger partial charge in [-0.2, -0.15) is 5.10 Å². The maximum absolute atomic E-state index is 14.2. The van der Waals surface area contributed by atoms with Gasteiger partial charge in [0.15, 0.2) is 11.8 Å². The number of ether oxygens (including phenoxy) is 3. The van der Waals surface area contributed by atoms with Gasteiger partial charge in [0, 0.05) is 6.07 Å². The molecule has 0 aliphatic carbocycles. The van der Waals surface area contributed by atoms with Crippen LogP contribution in [0.25, 0.3) is 0 Å². The smallest absolute Gasteiger partial charge is 0.358 e. The van der Waals surface area contributed by atoms with Crippen molar-refractivity contribution in [3.63, 3.8) is 0 Å². The quantitative estimate of drug-likeness (QED) is 0.748. The van der Waals surface area contributed by atoms with Gasteiger partial charge in [0.25, 0.3) is 0 Å². The van der Waals surface area contributed by atoms with E-state index in [4.69, 9.17) is 14.2 Å². The molecule has 6 nitrogen and oxygen atoms in total. The molecule has 25 heavy (non-hydrogen) atoms. The normalized spacial score (nSPS) is 18.3. The predicted octanol–water partition coefficient (Wildman–Crippen LogP) is 2.67. The van der Waals surface area contributed by atoms with E-state index in [9.17, 15) is 13.6 Å². The second kappa shape index (κ2) is 7.18. The van der Waals surface area contributed by atoms with Gasteiger partial charge in [-0.25, -0.2) is 18.3 Å². The lowest BCUT2D eigenvalue weighted by atomic mass is 10.1. The van der Waals surface area contributed by atoms with Gasteiger partial charge in [-0.3, -0.25) is 0 Å². The Balaban J connectivity index is 1.65. The number of benzene rings is 1. The van der Waals surface area contributed by atoms with Crippen molar-refractivity contribution < 1.29 is 27.8 Å². The average Bonchev–Trinajstić information content (AvgIpc) is 2.98. The van der Waals surface area contributed by atoms with Gasteiger partial charge in [-0.05, 0) is 12.5 Å². The molecule has 1 aliphatic heterocycles. The topological polar surface area (TPSA) is 62.6 Å². The summed E-state index contributed by atoms with van der Waals surface area (Å²) in [7, 11) is 0. The zero-order chi connectivity index (χ0) is 17.9. The molecule has 2 heterocycles. The molecule has 1 aliphatic rings. The summed E-state index contributed by atoms with van der Waals surface area (Å²) in [5.41, 5.74) is 0.828. The van der Waals surface area contributed by atoms with Crippen molar-refractivity contribution in [3.05, 3.63) is 47.7 Å². The van der Waals surface area contributed by atoms with Crippen LogP contribution in [0, 0.1) is 0 Å². The first kappa shape index (κ1) is 17.3. The SMILES string of the molecule is CCOC(=O)c1cc2n(n1)CC(F)(F)C(COCc1ccccc1)O2. The first-order valence-corrected chi connectivity index (χ1v) is 7.90. The van der Waals surface area contributed by atoms with Crippen molar-refractivity contribution in [3.8, 4) is 5.88 Å². The molecule has 0 saturated heterocycles. The lowest BCUT2D eigenvalue weighted by Crippen LogP contribution is -2.48. The highest BCUT2D eigenvalue weighted by Crippen LogP contribution is 2.33. The third-order valence-electron chi connectivity index (χ3n) is 3.70. The third-order valence-corrected chi connectivity index (χ3v) is 3.70. The van der Waals surface area contributed by atoms with Crippen LogP contribution >= 0.6 is 0 Å². The monoisotopic (exact) mass is 352 g/mol. The maximum Gasteiger partial charge on any atom is 0.358 e. The molecule has 1 aromatic carbocycles. The highest BCUT2D eigenvalue weighted by Gasteiger charge is 2.47. The molecule has 0 N–H and O–H groups in total. The maximum atomic E-state index is 14.2. The van der Waals surface area contributed by atoms with E-state index >= 15 is 0 Å². The van der Waals surface area contributed by atoms with E-state index in [2.05, 4.69) is 5.10 Å². The minimum atomic E-state index is -3.17. The van der Waals surface area contributed by atoms with Gasteiger partial charge in [-0.15, -0.1) is 0 Å². The Morgan fingerprint density at radius 2 is 2.16 bits per heavy atom. The molecular weight excluding hydrogens is 334 g/mol. The molecule has 0 amide bonds. The van der Waals surface area contributed by atoms with Crippen LogP contribution in [0.5, 0.6) is 5.88 Å². The van der Waals surface area contributed by atoms with Gasteiger partial charge >= 0.3 is 11.9 Å². The van der Waals surface area contributed by atoms with Crippen LogP contribution in [0.3, 0.4) is 0 Å². The van der Waals surface area contributed by atoms with E-state index in [1.807, 2.05) is 30.3 Å². The molecule has 0 radical (unpaired) electrons. The minimum absolute atomic E-state index is 0.0569. The molecule has 1 unspecified atom stereocenters. The van der Waals surface area contributed by atoms with Gasteiger partial charge < -0.3 is 14.2 Å². The molecule has 0 bridgehead atoms. The molecule has 0 spiro atoms. The number of nitrogens with zero attached hydrogens (tertiary/aromatic N) is 2. The Morgan fingerprint density at radius 3 is 2.88 bits per heavy atom. The number of halogens is 2. The minimum Gasteiger partial charge on any atom is -0.465 e. The number of fused-ring (bicyclic) bond motifs is 1. The number of alkyl halides is 2. The van der Waals surface area contributed by atoms with Crippen molar-refractivity contribution in [1.29, 1.82) is 0 Å². The molecular formula is C17H18F2N2O4. The number of esters is 1. The van der Waals surface area contributed by atoms with Crippen LogP contribution in [0.2, 0.25) is 0 Å². The second-order valence-electron chi connectivity index (χ2n) is 5.61. The van der Waals surface area contributed by atoms with Crippen molar-refractivity contribution in [2.45, 2.75) is 32.1 Å². The summed E-state index contributed by atoms with van der Waals surface area (Å²) in [5.74, 6) is -3.74. The van der Waals surface area contributed by atoms with Gasteiger partial charge in [0.05, 0.1) is 19.8 Å². The fourth-order valence-electron chi connectivity index (χ4n) is 2.46. The summed E-state index contributed by atoms with van der Waals surface area (Å²) >= 11 is 0. The fourth-order valence-corrected chi connectivity index (χ4v) is 2.46. The van der Waals surface area contributed by atoms with Crippen LogP contribution < -0.4 is 4.74 Å². The van der Waals surface area contributed by atoms with Gasteiger partial charge in [-0.1, -0.05) is 30.3 Å². The Hall–Kier alpha value is -2.48. The number of carbonyl (C=O) groups is 1. The van der Waals surface area contributed by atoms with Crippen LogP contribution in [-0.4, -0.2) is 41.0 Å². The largest absolute Gasteiger partial charge is 0.465 e. The van der Waals surface area contributed by atoms with Crippen LogP contribution in [0.4, 0.5) is 8.78 Å². The highest BCUT2D eigenvalue weighted by atomic mass is 19.3. The van der Waals surface area contributed by atoms with Crippen molar-refractivity contribution in [2.75, 3.05) is 13.2 Å². The van der Waals surface area contributed by atoms with E-state index in [1.54, 1.807) is 6.92 Å². The number of rotatable bonds is 6. The standard InChI is InChI=1S/C17H18F2N2O4/c1-2-24-16(22)13-8-15-21(20-13)11-17(18,19)14(25-15)10-23-9-12-6-4-3-5-7-12/h3-8,14H,2,9-11H2,1H3.